The van der Waals surface area contributed by atoms with Gasteiger partial charge in [0.1, 0.15) is 22.9 Å². The summed E-state index contributed by atoms with van der Waals surface area (Å²) in [6, 6.07) is 19.5. The maximum absolute atomic E-state index is 14.0. The van der Waals surface area contributed by atoms with E-state index in [1.165, 1.54) is 33.3 Å². The third-order valence-electron chi connectivity index (χ3n) is 6.40. The van der Waals surface area contributed by atoms with E-state index >= 15 is 0 Å². The molecule has 0 heterocycles. The highest BCUT2D eigenvalue weighted by Crippen LogP contribution is 2.30. The van der Waals surface area contributed by atoms with E-state index in [2.05, 4.69) is 10.6 Å². The summed E-state index contributed by atoms with van der Waals surface area (Å²) in [5.41, 5.74) is -0.282. The average Bonchev–Trinajstić information content (AvgIpc) is 3.05. The molecule has 46 heavy (non-hydrogen) atoms. The van der Waals surface area contributed by atoms with Crippen molar-refractivity contribution >= 4 is 46.9 Å². The summed E-state index contributed by atoms with van der Waals surface area (Å²) in [7, 11) is 2.94. The number of amides is 3. The second-order valence-corrected chi connectivity index (χ2v) is 11.0. The molecule has 1 unspecified atom stereocenters. The zero-order chi connectivity index (χ0) is 33.4. The Bertz CT molecular complexity index is 1780. The van der Waals surface area contributed by atoms with Gasteiger partial charge in [-0.25, -0.2) is 17.6 Å². The number of hydrogen-bond donors (Lipinski definition) is 3. The Balaban J connectivity index is 1.54. The molecule has 8 nitrogen and oxygen atoms in total. The lowest BCUT2D eigenvalue weighted by Gasteiger charge is -2.15. The molecule has 238 valence electrons. The number of halogens is 4. The van der Waals surface area contributed by atoms with Gasteiger partial charge >= 0.3 is 0 Å². The van der Waals surface area contributed by atoms with Crippen LogP contribution in [0.3, 0.4) is 0 Å². The molecule has 0 saturated carbocycles. The Labute approximate surface area is 265 Å². The summed E-state index contributed by atoms with van der Waals surface area (Å²) >= 11 is 0.951. The van der Waals surface area contributed by atoms with E-state index in [9.17, 15) is 31.9 Å². The molecule has 4 aromatic carbocycles. The van der Waals surface area contributed by atoms with Crippen molar-refractivity contribution in [1.82, 2.24) is 5.32 Å². The van der Waals surface area contributed by atoms with E-state index in [1.54, 1.807) is 66.7 Å². The zero-order valence-electron chi connectivity index (χ0n) is 24.6. The molecular weight excluding hydrogens is 626 g/mol. The molecular formula is C33H27F4N3O5S. The van der Waals surface area contributed by atoms with Crippen LogP contribution < -0.4 is 25.4 Å². The van der Waals surface area contributed by atoms with Gasteiger partial charge in [0.25, 0.3) is 11.8 Å². The molecule has 13 heteroatoms. The van der Waals surface area contributed by atoms with Crippen LogP contribution in [0.4, 0.5) is 28.9 Å². The first-order valence-corrected chi connectivity index (χ1v) is 14.4. The average molecular weight is 654 g/mol. The number of ether oxygens (including phenoxy) is 2. The van der Waals surface area contributed by atoms with Gasteiger partial charge in [0, 0.05) is 33.8 Å². The highest BCUT2D eigenvalue weighted by molar-refractivity contribution is 8.00. The zero-order valence-corrected chi connectivity index (χ0v) is 25.4. The third kappa shape index (κ3) is 8.24. The second kappa shape index (κ2) is 15.1. The smallest absolute Gasteiger partial charge is 0.272 e. The summed E-state index contributed by atoms with van der Waals surface area (Å²) in [5, 5.41) is 6.24. The third-order valence-corrected chi connectivity index (χ3v) is 7.50. The van der Waals surface area contributed by atoms with E-state index in [4.69, 9.17) is 9.47 Å². The van der Waals surface area contributed by atoms with Crippen molar-refractivity contribution in [2.75, 3.05) is 24.9 Å². The fraction of sp³-hybridized carbons (Fsp3) is 0.121. The SMILES string of the molecule is COc1ccc(/C=C(/NC(=O)c2ccccc2)C(=O)Nc2cccc(SC(C)C(=O)Nc3c(F)c(F)cc(F)c3F)c2)c(OC)c1. The van der Waals surface area contributed by atoms with Gasteiger partial charge in [-0.05, 0) is 55.5 Å². The molecule has 0 aliphatic rings. The number of thioether (sulfide) groups is 1. The van der Waals surface area contributed by atoms with Crippen LogP contribution in [-0.4, -0.2) is 37.2 Å². The van der Waals surface area contributed by atoms with Crippen LogP contribution in [0, 0.1) is 23.3 Å². The lowest BCUT2D eigenvalue weighted by Crippen LogP contribution is -2.30. The molecule has 0 bridgehead atoms. The maximum Gasteiger partial charge on any atom is 0.272 e. The highest BCUT2D eigenvalue weighted by Gasteiger charge is 2.24. The van der Waals surface area contributed by atoms with E-state index < -0.39 is 51.9 Å². The molecule has 0 aliphatic heterocycles. The summed E-state index contributed by atoms with van der Waals surface area (Å²) in [6.45, 7) is 1.42. The second-order valence-electron chi connectivity index (χ2n) is 9.56. The van der Waals surface area contributed by atoms with Gasteiger partial charge in [-0.1, -0.05) is 24.3 Å². The van der Waals surface area contributed by atoms with Gasteiger partial charge in [0.2, 0.25) is 5.91 Å². The Kier molecular flexibility index (Phi) is 11.0. The van der Waals surface area contributed by atoms with Crippen LogP contribution in [0.5, 0.6) is 11.5 Å². The van der Waals surface area contributed by atoms with Crippen molar-refractivity contribution in [3.63, 3.8) is 0 Å². The molecule has 0 saturated heterocycles. The van der Waals surface area contributed by atoms with Crippen molar-refractivity contribution < 1.29 is 41.4 Å². The Morgan fingerprint density at radius 3 is 2.15 bits per heavy atom. The number of hydrogen-bond acceptors (Lipinski definition) is 6. The maximum atomic E-state index is 14.0. The molecule has 3 amide bonds. The van der Waals surface area contributed by atoms with Crippen LogP contribution in [0.15, 0.2) is 89.5 Å². The van der Waals surface area contributed by atoms with Crippen LogP contribution in [0.2, 0.25) is 0 Å². The first-order valence-electron chi connectivity index (χ1n) is 13.5. The van der Waals surface area contributed by atoms with Gasteiger partial charge in [-0.15, -0.1) is 11.8 Å². The summed E-state index contributed by atoms with van der Waals surface area (Å²) in [6.07, 6.45) is 1.44. The van der Waals surface area contributed by atoms with Gasteiger partial charge in [0.05, 0.1) is 19.5 Å². The van der Waals surface area contributed by atoms with E-state index in [-0.39, 0.29) is 17.5 Å². The minimum Gasteiger partial charge on any atom is -0.497 e. The molecule has 0 fully saturated rings. The topological polar surface area (TPSA) is 106 Å². The highest BCUT2D eigenvalue weighted by atomic mass is 32.2. The molecule has 4 aromatic rings. The van der Waals surface area contributed by atoms with Crippen LogP contribution in [0.25, 0.3) is 6.08 Å². The van der Waals surface area contributed by atoms with Crippen LogP contribution in [0.1, 0.15) is 22.8 Å². The monoisotopic (exact) mass is 653 g/mol. The van der Waals surface area contributed by atoms with Gasteiger partial charge in [-0.2, -0.15) is 0 Å². The summed E-state index contributed by atoms with van der Waals surface area (Å²) in [5.74, 6) is -8.03. The number of benzene rings is 4. The fourth-order valence-corrected chi connectivity index (χ4v) is 4.97. The summed E-state index contributed by atoms with van der Waals surface area (Å²) < 4.78 is 65.8. The quantitative estimate of drug-likeness (QED) is 0.0713. The van der Waals surface area contributed by atoms with Gasteiger partial charge in [0.15, 0.2) is 23.3 Å². The lowest BCUT2D eigenvalue weighted by atomic mass is 10.1. The summed E-state index contributed by atoms with van der Waals surface area (Å²) in [4.78, 5) is 39.6. The first-order chi connectivity index (χ1) is 22.0. The van der Waals surface area contributed by atoms with Crippen LogP contribution in [-0.2, 0) is 9.59 Å². The van der Waals surface area contributed by atoms with E-state index in [0.717, 1.165) is 11.8 Å². The Hall–Kier alpha value is -5.30. The molecule has 0 spiro atoms. The molecule has 0 aliphatic carbocycles. The Morgan fingerprint density at radius 2 is 1.50 bits per heavy atom. The van der Waals surface area contributed by atoms with E-state index in [0.29, 0.717) is 27.5 Å². The fourth-order valence-electron chi connectivity index (χ4n) is 4.05. The number of methoxy groups -OCH3 is 2. The molecule has 0 aromatic heterocycles. The largest absolute Gasteiger partial charge is 0.497 e. The van der Waals surface area contributed by atoms with Crippen molar-refractivity contribution in [2.45, 2.75) is 17.1 Å². The van der Waals surface area contributed by atoms with Crippen molar-refractivity contribution in [3.8, 4) is 11.5 Å². The van der Waals surface area contributed by atoms with Crippen molar-refractivity contribution in [1.29, 1.82) is 0 Å². The minimum atomic E-state index is -1.73. The molecule has 3 N–H and O–H groups in total. The van der Waals surface area contributed by atoms with E-state index in [1.807, 2.05) is 5.32 Å². The predicted molar refractivity (Wildman–Crippen MR) is 167 cm³/mol. The number of anilines is 2. The van der Waals surface area contributed by atoms with Crippen molar-refractivity contribution in [3.05, 3.63) is 119 Å². The normalized spacial score (nSPS) is 11.8. The number of carbonyl (C=O) groups is 3. The molecule has 0 radical (unpaired) electrons. The first kappa shape index (κ1) is 33.6. The minimum absolute atomic E-state index is 0.0412. The van der Waals surface area contributed by atoms with Crippen LogP contribution >= 0.6 is 11.8 Å². The Morgan fingerprint density at radius 1 is 0.804 bits per heavy atom. The number of carbonyl (C=O) groups excluding carboxylic acids is 3. The number of rotatable bonds is 11. The van der Waals surface area contributed by atoms with Gasteiger partial charge < -0.3 is 25.4 Å². The van der Waals surface area contributed by atoms with Crippen molar-refractivity contribution in [2.24, 2.45) is 0 Å². The number of nitrogens with one attached hydrogen (secondary N) is 3. The molecule has 1 atom stereocenters. The standard InChI is InChI=1S/C33H27F4N3O5S/c1-18(31(41)40-30-28(36)24(34)17-25(35)29(30)37)46-23-11-7-10-21(15-23)38-33(43)26(39-32(42)19-8-5-4-6-9-19)14-20-12-13-22(44-2)16-27(20)45-3/h4-18H,1-3H3,(H,38,43)(H,39,42)(H,40,41)/b26-14+. The lowest BCUT2D eigenvalue weighted by molar-refractivity contribution is -0.115. The molecule has 4 rings (SSSR count). The van der Waals surface area contributed by atoms with Gasteiger partial charge in [-0.3, -0.25) is 14.4 Å². The predicted octanol–water partition coefficient (Wildman–Crippen LogP) is 6.79.